The normalized spacial score (nSPS) is 11.7. The van der Waals surface area contributed by atoms with Crippen LogP contribution in [0.5, 0.6) is 0 Å². The number of hydrogen-bond donors (Lipinski definition) is 0. The third kappa shape index (κ3) is 6.26. The SMILES string of the molecule is Cc1ccc2c(-c3ccc(-c4ccccc4)cc3)c3ccccc3c(-c3c4ccccc4c(N(c4ccccc4)c4ccc(-n5c6ccccc6c6ccccc65)cc4)c4ccccc34)c2c1. The molecule has 0 saturated carbocycles. The van der Waals surface area contributed by atoms with Crippen molar-refractivity contribution in [3.63, 3.8) is 0 Å². The Labute approximate surface area is 389 Å². The highest BCUT2D eigenvalue weighted by atomic mass is 15.1. The molecule has 0 aliphatic rings. The smallest absolute Gasteiger partial charge is 0.0618 e. The Morgan fingerprint density at radius 2 is 0.687 bits per heavy atom. The summed E-state index contributed by atoms with van der Waals surface area (Å²) in [6, 6.07) is 91.4. The first-order chi connectivity index (χ1) is 33.2. The monoisotopic (exact) mass is 852 g/mol. The van der Waals surface area contributed by atoms with E-state index in [1.807, 2.05) is 0 Å². The van der Waals surface area contributed by atoms with Crippen molar-refractivity contribution in [3.05, 3.63) is 254 Å². The van der Waals surface area contributed by atoms with Crippen LogP contribution in [0.4, 0.5) is 17.1 Å². The molecule has 2 nitrogen and oxygen atoms in total. The highest BCUT2D eigenvalue weighted by Gasteiger charge is 2.25. The highest BCUT2D eigenvalue weighted by molar-refractivity contribution is 6.30. The number of benzene rings is 12. The van der Waals surface area contributed by atoms with Crippen LogP contribution in [0.15, 0.2) is 249 Å². The summed E-state index contributed by atoms with van der Waals surface area (Å²) in [6.45, 7) is 2.22. The second-order valence-corrected chi connectivity index (χ2v) is 17.7. The molecule has 0 aliphatic carbocycles. The lowest BCUT2D eigenvalue weighted by Crippen LogP contribution is -2.11. The molecule has 0 unspecified atom stereocenters. The standard InChI is InChI=1S/C65H44N2/c1-43-32-41-56-59(42-43)64(53-25-9-8-24-52(53)62(56)46-35-33-45(34-36-46)44-18-4-2-5-19-44)63-54-26-10-12-28-57(54)65(58-29-13-11-27-55(58)63)66(47-20-6-3-7-21-47)48-37-39-49(40-38-48)67-60-30-16-14-22-50(60)51-23-15-17-31-61(51)67/h2-42H,1H3. The Hall–Kier alpha value is -8.72. The van der Waals surface area contributed by atoms with E-state index in [-0.39, 0.29) is 0 Å². The van der Waals surface area contributed by atoms with Gasteiger partial charge in [-0.05, 0) is 121 Å². The molecular formula is C65H44N2. The fraction of sp³-hybridized carbons (Fsp3) is 0.0154. The van der Waals surface area contributed by atoms with Gasteiger partial charge in [0.05, 0.1) is 16.7 Å². The summed E-state index contributed by atoms with van der Waals surface area (Å²) < 4.78 is 2.39. The van der Waals surface area contributed by atoms with Crippen LogP contribution in [0.1, 0.15) is 5.56 Å². The molecule has 1 heterocycles. The third-order valence-electron chi connectivity index (χ3n) is 13.8. The summed E-state index contributed by atoms with van der Waals surface area (Å²) >= 11 is 0. The molecule has 0 spiro atoms. The largest absolute Gasteiger partial charge is 0.309 e. The van der Waals surface area contributed by atoms with Crippen LogP contribution >= 0.6 is 0 Å². The molecule has 12 aromatic carbocycles. The van der Waals surface area contributed by atoms with Gasteiger partial charge >= 0.3 is 0 Å². The molecule has 0 amide bonds. The Morgan fingerprint density at radius 3 is 1.27 bits per heavy atom. The Morgan fingerprint density at radius 1 is 0.284 bits per heavy atom. The molecular weight excluding hydrogens is 809 g/mol. The van der Waals surface area contributed by atoms with Gasteiger partial charge in [-0.3, -0.25) is 0 Å². The Bertz CT molecular complexity index is 3910. The number of anilines is 3. The number of rotatable bonds is 7. The molecule has 0 radical (unpaired) electrons. The van der Waals surface area contributed by atoms with Crippen molar-refractivity contribution >= 4 is 82.0 Å². The van der Waals surface area contributed by atoms with E-state index in [9.17, 15) is 0 Å². The first-order valence-corrected chi connectivity index (χ1v) is 23.2. The van der Waals surface area contributed by atoms with Gasteiger partial charge in [0.25, 0.3) is 0 Å². The minimum Gasteiger partial charge on any atom is -0.309 e. The van der Waals surface area contributed by atoms with Crippen molar-refractivity contribution in [1.29, 1.82) is 0 Å². The molecule has 0 bridgehead atoms. The zero-order valence-corrected chi connectivity index (χ0v) is 37.1. The average Bonchev–Trinajstić information content (AvgIpc) is 3.73. The van der Waals surface area contributed by atoms with Gasteiger partial charge in [-0.2, -0.15) is 0 Å². The van der Waals surface area contributed by atoms with Gasteiger partial charge in [0.15, 0.2) is 0 Å². The van der Waals surface area contributed by atoms with E-state index in [0.29, 0.717) is 0 Å². The van der Waals surface area contributed by atoms with Crippen LogP contribution in [0.2, 0.25) is 0 Å². The second-order valence-electron chi connectivity index (χ2n) is 17.7. The van der Waals surface area contributed by atoms with Crippen LogP contribution in [-0.4, -0.2) is 4.57 Å². The lowest BCUT2D eigenvalue weighted by molar-refractivity contribution is 1.17. The molecule has 13 aromatic rings. The van der Waals surface area contributed by atoms with Crippen LogP contribution in [0, 0.1) is 6.92 Å². The summed E-state index contributed by atoms with van der Waals surface area (Å²) in [5, 5.41) is 12.3. The topological polar surface area (TPSA) is 8.17 Å². The average molecular weight is 853 g/mol. The number of aryl methyl sites for hydroxylation is 1. The zero-order chi connectivity index (χ0) is 44.4. The quantitative estimate of drug-likeness (QED) is 0.145. The summed E-state index contributed by atoms with van der Waals surface area (Å²) in [6.07, 6.45) is 0. The van der Waals surface area contributed by atoms with Crippen molar-refractivity contribution < 1.29 is 0 Å². The minimum absolute atomic E-state index is 1.09. The van der Waals surface area contributed by atoms with Crippen LogP contribution < -0.4 is 4.90 Å². The third-order valence-corrected chi connectivity index (χ3v) is 13.8. The molecule has 1 aromatic heterocycles. The maximum Gasteiger partial charge on any atom is 0.0618 e. The number of nitrogens with zero attached hydrogens (tertiary/aromatic N) is 2. The van der Waals surface area contributed by atoms with E-state index in [1.54, 1.807) is 0 Å². The summed E-state index contributed by atoms with van der Waals surface area (Å²) in [4.78, 5) is 2.46. The van der Waals surface area contributed by atoms with E-state index in [4.69, 9.17) is 0 Å². The first-order valence-electron chi connectivity index (χ1n) is 23.2. The van der Waals surface area contributed by atoms with Gasteiger partial charge in [0, 0.05) is 38.6 Å². The predicted octanol–water partition coefficient (Wildman–Crippen LogP) is 18.2. The Kier molecular flexibility index (Phi) is 9.11. The van der Waals surface area contributed by atoms with E-state index >= 15 is 0 Å². The van der Waals surface area contributed by atoms with Gasteiger partial charge < -0.3 is 9.47 Å². The second kappa shape index (κ2) is 15.8. The predicted molar refractivity (Wildman–Crippen MR) is 287 cm³/mol. The number of para-hydroxylation sites is 3. The molecule has 67 heavy (non-hydrogen) atoms. The van der Waals surface area contributed by atoms with Crippen LogP contribution in [-0.2, 0) is 0 Å². The fourth-order valence-corrected chi connectivity index (χ4v) is 10.9. The lowest BCUT2D eigenvalue weighted by atomic mass is 9.82. The maximum absolute atomic E-state index is 2.46. The van der Waals surface area contributed by atoms with Crippen LogP contribution in [0.25, 0.3) is 104 Å². The van der Waals surface area contributed by atoms with E-state index < -0.39 is 0 Å². The van der Waals surface area contributed by atoms with Gasteiger partial charge in [-0.1, -0.05) is 206 Å². The minimum atomic E-state index is 1.09. The summed E-state index contributed by atoms with van der Waals surface area (Å²) in [7, 11) is 0. The number of aromatic nitrogens is 1. The summed E-state index contributed by atoms with van der Waals surface area (Å²) in [5.41, 5.74) is 15.5. The van der Waals surface area contributed by atoms with Crippen LogP contribution in [0.3, 0.4) is 0 Å². The van der Waals surface area contributed by atoms with Gasteiger partial charge in [-0.25, -0.2) is 0 Å². The first kappa shape index (κ1) is 38.7. The molecule has 0 saturated heterocycles. The molecule has 2 heteroatoms. The van der Waals surface area contributed by atoms with Crippen molar-refractivity contribution in [2.24, 2.45) is 0 Å². The Balaban J connectivity index is 1.06. The maximum atomic E-state index is 2.46. The van der Waals surface area contributed by atoms with Crippen molar-refractivity contribution in [2.45, 2.75) is 6.92 Å². The van der Waals surface area contributed by atoms with Crippen molar-refractivity contribution in [1.82, 2.24) is 4.57 Å². The van der Waals surface area contributed by atoms with Gasteiger partial charge in [0.1, 0.15) is 0 Å². The highest BCUT2D eigenvalue weighted by Crippen LogP contribution is 2.52. The number of hydrogen-bond acceptors (Lipinski definition) is 1. The van der Waals surface area contributed by atoms with E-state index in [1.165, 1.54) is 104 Å². The molecule has 0 N–H and O–H groups in total. The molecule has 13 rings (SSSR count). The van der Waals surface area contributed by atoms with Crippen molar-refractivity contribution in [2.75, 3.05) is 4.90 Å². The fourth-order valence-electron chi connectivity index (χ4n) is 10.9. The lowest BCUT2D eigenvalue weighted by Gasteiger charge is -2.30. The van der Waals surface area contributed by atoms with E-state index in [0.717, 1.165) is 22.7 Å². The zero-order valence-electron chi connectivity index (χ0n) is 37.1. The van der Waals surface area contributed by atoms with E-state index in [2.05, 4.69) is 265 Å². The van der Waals surface area contributed by atoms with Gasteiger partial charge in [-0.15, -0.1) is 0 Å². The van der Waals surface area contributed by atoms with Gasteiger partial charge in [0.2, 0.25) is 0 Å². The molecule has 0 fully saturated rings. The summed E-state index contributed by atoms with van der Waals surface area (Å²) in [5.74, 6) is 0. The molecule has 314 valence electrons. The van der Waals surface area contributed by atoms with Crippen molar-refractivity contribution in [3.8, 4) is 39.1 Å². The molecule has 0 atom stereocenters. The number of fused-ring (bicyclic) bond motifs is 7. The molecule has 0 aliphatic heterocycles.